The van der Waals surface area contributed by atoms with E-state index in [0.717, 1.165) is 29.7 Å². The van der Waals surface area contributed by atoms with Gasteiger partial charge >= 0.3 is 6.09 Å². The minimum atomic E-state index is -1.10. The maximum Gasteiger partial charge on any atom is 0.407 e. The lowest BCUT2D eigenvalue weighted by Crippen LogP contribution is -2.58. The van der Waals surface area contributed by atoms with Crippen LogP contribution in [0.2, 0.25) is 0 Å². The first kappa shape index (κ1) is 34.9. The van der Waals surface area contributed by atoms with E-state index in [1.807, 2.05) is 19.9 Å². The number of carbonyl (C=O) groups is 3. The summed E-state index contributed by atoms with van der Waals surface area (Å²) in [4.78, 5) is 42.9. The fourth-order valence-electron chi connectivity index (χ4n) is 4.70. The number of nitrogens with zero attached hydrogens (tertiary/aromatic N) is 1. The normalized spacial score (nSPS) is 13.3. The molecule has 1 heterocycles. The zero-order valence-electron chi connectivity index (χ0n) is 26.6. The molecule has 3 N–H and O–H groups in total. The molecule has 0 atom stereocenters. The number of amides is 3. The topological polar surface area (TPSA) is 128 Å². The molecule has 3 rings (SSSR count). The Kier molecular flexibility index (Phi) is 13.1. The van der Waals surface area contributed by atoms with Gasteiger partial charge in [0.05, 0.1) is 26.4 Å². The van der Waals surface area contributed by atoms with Crippen LogP contribution in [0.3, 0.4) is 0 Å². The molecule has 0 bridgehead atoms. The second-order valence-corrected chi connectivity index (χ2v) is 12.0. The van der Waals surface area contributed by atoms with Gasteiger partial charge in [0.25, 0.3) is 5.91 Å². The summed E-state index contributed by atoms with van der Waals surface area (Å²) < 4.78 is 29.5. The van der Waals surface area contributed by atoms with Crippen LogP contribution in [0, 0.1) is 5.82 Å². The maximum absolute atomic E-state index is 13.4. The van der Waals surface area contributed by atoms with Crippen molar-refractivity contribution in [1.82, 2.24) is 20.9 Å². The van der Waals surface area contributed by atoms with Gasteiger partial charge in [0.1, 0.15) is 22.7 Å². The zero-order valence-corrected chi connectivity index (χ0v) is 26.6. The first-order valence-electron chi connectivity index (χ1n) is 15.4. The quantitative estimate of drug-likeness (QED) is 0.221. The van der Waals surface area contributed by atoms with Crippen molar-refractivity contribution in [1.29, 1.82) is 0 Å². The van der Waals surface area contributed by atoms with Gasteiger partial charge in [-0.15, -0.1) is 0 Å². The van der Waals surface area contributed by atoms with Crippen LogP contribution in [0.15, 0.2) is 36.4 Å². The lowest BCUT2D eigenvalue weighted by Gasteiger charge is -2.31. The molecule has 10 nitrogen and oxygen atoms in total. The fraction of sp³-hybridized carbons (Fsp3) is 0.576. The third-order valence-corrected chi connectivity index (χ3v) is 7.36. The van der Waals surface area contributed by atoms with E-state index in [1.165, 1.54) is 12.1 Å². The van der Waals surface area contributed by atoms with Gasteiger partial charge in [0.15, 0.2) is 0 Å². The third-order valence-electron chi connectivity index (χ3n) is 7.36. The number of rotatable bonds is 17. The Morgan fingerprint density at radius 2 is 1.50 bits per heavy atom. The Morgan fingerprint density at radius 1 is 0.886 bits per heavy atom. The number of nitrogens with one attached hydrogen (secondary N) is 3. The van der Waals surface area contributed by atoms with E-state index in [-0.39, 0.29) is 30.6 Å². The van der Waals surface area contributed by atoms with Crippen LogP contribution in [-0.4, -0.2) is 73.5 Å². The molecule has 1 aliphatic carbocycles. The Labute approximate surface area is 259 Å². The van der Waals surface area contributed by atoms with Crippen molar-refractivity contribution >= 4 is 17.9 Å². The number of halogens is 1. The number of aromatic nitrogens is 1. The lowest BCUT2D eigenvalue weighted by molar-refractivity contribution is -0.128. The molecule has 1 saturated carbocycles. The Balaban J connectivity index is 1.45. The van der Waals surface area contributed by atoms with Gasteiger partial charge in [-0.25, -0.2) is 14.2 Å². The van der Waals surface area contributed by atoms with Gasteiger partial charge in [-0.2, -0.15) is 0 Å². The number of ether oxygens (including phenoxy) is 3. The zero-order chi connectivity index (χ0) is 32.2. The van der Waals surface area contributed by atoms with Gasteiger partial charge in [-0.05, 0) is 81.7 Å². The summed E-state index contributed by atoms with van der Waals surface area (Å²) in [5.74, 6) is -0.569. The summed E-state index contributed by atoms with van der Waals surface area (Å²) in [5, 5.41) is 8.44. The summed E-state index contributed by atoms with van der Waals surface area (Å²) in [6.07, 6.45) is 2.97. The number of alkyl carbamates (subject to hydrolysis) is 1. The minimum Gasteiger partial charge on any atom is -0.444 e. The van der Waals surface area contributed by atoms with Crippen LogP contribution in [0.5, 0.6) is 0 Å². The SMILES string of the molecule is CCC(CC)(NC(=O)c1ccc(C2CC2)c(Cc2ccc(F)cc2)n1)C(=O)NCCOCCOCCNC(=O)OC(C)(C)C. The van der Waals surface area contributed by atoms with Crippen LogP contribution in [0.25, 0.3) is 0 Å². The average Bonchev–Trinajstić information content (AvgIpc) is 3.82. The predicted octanol–water partition coefficient (Wildman–Crippen LogP) is 4.65. The first-order valence-corrected chi connectivity index (χ1v) is 15.4. The van der Waals surface area contributed by atoms with Gasteiger partial charge in [-0.3, -0.25) is 9.59 Å². The molecule has 0 radical (unpaired) electrons. The highest BCUT2D eigenvalue weighted by Crippen LogP contribution is 2.41. The van der Waals surface area contributed by atoms with Crippen LogP contribution < -0.4 is 16.0 Å². The highest BCUT2D eigenvalue weighted by molar-refractivity contribution is 5.98. The summed E-state index contributed by atoms with van der Waals surface area (Å²) in [5.41, 5.74) is 1.42. The van der Waals surface area contributed by atoms with Crippen LogP contribution >= 0.6 is 0 Å². The molecule has 242 valence electrons. The van der Waals surface area contributed by atoms with E-state index >= 15 is 0 Å². The van der Waals surface area contributed by atoms with E-state index in [0.29, 0.717) is 51.5 Å². The van der Waals surface area contributed by atoms with E-state index in [9.17, 15) is 18.8 Å². The van der Waals surface area contributed by atoms with Crippen molar-refractivity contribution in [3.63, 3.8) is 0 Å². The number of pyridine rings is 1. The molecule has 11 heteroatoms. The van der Waals surface area contributed by atoms with Crippen LogP contribution in [0.1, 0.15) is 93.5 Å². The molecule has 2 aromatic rings. The fourth-order valence-corrected chi connectivity index (χ4v) is 4.70. The largest absolute Gasteiger partial charge is 0.444 e. The lowest BCUT2D eigenvalue weighted by atomic mass is 9.91. The number of hydrogen-bond acceptors (Lipinski definition) is 7. The summed E-state index contributed by atoms with van der Waals surface area (Å²) in [6.45, 7) is 11.0. The van der Waals surface area contributed by atoms with Gasteiger partial charge in [-0.1, -0.05) is 32.0 Å². The summed E-state index contributed by atoms with van der Waals surface area (Å²) in [6, 6.07) is 9.98. The van der Waals surface area contributed by atoms with Gasteiger partial charge in [0, 0.05) is 25.2 Å². The molecular weight excluding hydrogens is 567 g/mol. The van der Waals surface area contributed by atoms with E-state index in [1.54, 1.807) is 39.0 Å². The molecule has 1 aliphatic rings. The summed E-state index contributed by atoms with van der Waals surface area (Å²) in [7, 11) is 0. The first-order chi connectivity index (χ1) is 21.0. The monoisotopic (exact) mass is 614 g/mol. The van der Waals surface area contributed by atoms with Crippen molar-refractivity contribution in [2.45, 2.75) is 83.8 Å². The predicted molar refractivity (Wildman–Crippen MR) is 165 cm³/mol. The smallest absolute Gasteiger partial charge is 0.407 e. The van der Waals surface area contributed by atoms with Gasteiger partial charge in [0.2, 0.25) is 5.91 Å². The highest BCUT2D eigenvalue weighted by atomic mass is 19.1. The Morgan fingerprint density at radius 3 is 2.07 bits per heavy atom. The third kappa shape index (κ3) is 11.2. The molecule has 1 aromatic carbocycles. The molecule has 44 heavy (non-hydrogen) atoms. The Hall–Kier alpha value is -3.57. The van der Waals surface area contributed by atoms with Crippen molar-refractivity contribution in [3.05, 3.63) is 64.7 Å². The second kappa shape index (κ2) is 16.5. The minimum absolute atomic E-state index is 0.246. The summed E-state index contributed by atoms with van der Waals surface area (Å²) >= 11 is 0. The van der Waals surface area contributed by atoms with E-state index in [2.05, 4.69) is 16.0 Å². The maximum atomic E-state index is 13.4. The molecule has 0 aliphatic heterocycles. The Bertz CT molecular complexity index is 1240. The molecule has 1 aromatic heterocycles. The number of benzene rings is 1. The molecular formula is C33H47FN4O6. The van der Waals surface area contributed by atoms with Crippen molar-refractivity contribution in [2.75, 3.05) is 39.5 Å². The molecule has 3 amide bonds. The van der Waals surface area contributed by atoms with E-state index < -0.39 is 23.1 Å². The molecule has 0 unspecified atom stereocenters. The van der Waals surface area contributed by atoms with Crippen molar-refractivity contribution in [3.8, 4) is 0 Å². The van der Waals surface area contributed by atoms with Crippen LogP contribution in [-0.2, 0) is 25.4 Å². The average molecular weight is 615 g/mol. The standard InChI is InChI=1S/C33H47FN4O6/c1-6-33(7-2,30(40)35-16-18-42-20-21-43-19-17-36-31(41)44-32(3,4)5)38-29(39)27-15-14-26(24-10-11-24)28(37-27)22-23-8-12-25(34)13-9-23/h8-9,12-15,24H,6-7,10-11,16-22H2,1-5H3,(H,35,40)(H,36,41)(H,38,39). The number of carbonyl (C=O) groups excluding carboxylic acids is 3. The second-order valence-electron chi connectivity index (χ2n) is 12.0. The van der Waals surface area contributed by atoms with Gasteiger partial charge < -0.3 is 30.2 Å². The molecule has 0 spiro atoms. The van der Waals surface area contributed by atoms with Crippen LogP contribution in [0.4, 0.5) is 9.18 Å². The van der Waals surface area contributed by atoms with Crippen molar-refractivity contribution in [2.24, 2.45) is 0 Å². The highest BCUT2D eigenvalue weighted by Gasteiger charge is 2.37. The molecule has 0 saturated heterocycles. The van der Waals surface area contributed by atoms with E-state index in [4.69, 9.17) is 19.2 Å². The van der Waals surface area contributed by atoms with Crippen molar-refractivity contribution < 1.29 is 33.0 Å². The number of hydrogen-bond donors (Lipinski definition) is 3. The molecule has 1 fully saturated rings.